The van der Waals surface area contributed by atoms with Crippen LogP contribution in [0.4, 0.5) is 0 Å². The van der Waals surface area contributed by atoms with Gasteiger partial charge in [-0.3, -0.25) is 4.98 Å². The van der Waals surface area contributed by atoms with E-state index in [2.05, 4.69) is 9.98 Å². The van der Waals surface area contributed by atoms with E-state index in [9.17, 15) is 9.90 Å². The normalized spacial score (nSPS) is 15.9. The zero-order valence-electron chi connectivity index (χ0n) is 18.8. The van der Waals surface area contributed by atoms with Crippen LogP contribution in [-0.4, -0.2) is 39.9 Å². The number of carbonyl (C=O) groups is 1. The number of aliphatic imine (C=N–C) groups is 1. The Balaban J connectivity index is 2.00. The number of aromatic nitrogens is 1. The third-order valence-corrected chi connectivity index (χ3v) is 5.51. The van der Waals surface area contributed by atoms with Gasteiger partial charge in [0.2, 0.25) is 0 Å². The van der Waals surface area contributed by atoms with Crippen LogP contribution in [0.1, 0.15) is 28.1 Å². The van der Waals surface area contributed by atoms with Gasteiger partial charge in [-0.05, 0) is 32.0 Å². The molecule has 0 amide bonds. The summed E-state index contributed by atoms with van der Waals surface area (Å²) >= 11 is 0. The lowest BCUT2D eigenvalue weighted by atomic mass is 9.98. The molecule has 1 atom stereocenters. The van der Waals surface area contributed by atoms with E-state index in [4.69, 9.17) is 10.5 Å². The highest BCUT2D eigenvalue weighted by Crippen LogP contribution is 2.37. The first-order chi connectivity index (χ1) is 15.9. The maximum Gasteiger partial charge on any atom is 0.334 e. The van der Waals surface area contributed by atoms with Crippen molar-refractivity contribution in [1.82, 2.24) is 9.88 Å². The molecule has 3 N–H and O–H groups in total. The van der Waals surface area contributed by atoms with E-state index < -0.39 is 12.0 Å². The summed E-state index contributed by atoms with van der Waals surface area (Å²) in [6.07, 6.45) is 0. The molecule has 1 aliphatic heterocycles. The summed E-state index contributed by atoms with van der Waals surface area (Å²) < 4.78 is 5.54. The second kappa shape index (κ2) is 9.16. The molecule has 2 aromatic carbocycles. The van der Waals surface area contributed by atoms with Crippen molar-refractivity contribution in [3.63, 3.8) is 0 Å². The number of aryl methyl sites for hydroxylation is 2. The molecule has 3 aromatic rings. The first-order valence-electron chi connectivity index (χ1n) is 10.6. The van der Waals surface area contributed by atoms with Gasteiger partial charge in [-0.2, -0.15) is 0 Å². The highest BCUT2D eigenvalue weighted by molar-refractivity contribution is 6.11. The number of nitrogens with zero attached hydrogens (tertiary/aromatic N) is 3. The van der Waals surface area contributed by atoms with Crippen LogP contribution in [0.3, 0.4) is 0 Å². The van der Waals surface area contributed by atoms with Crippen LogP contribution in [-0.2, 0) is 11.3 Å². The van der Waals surface area contributed by atoms with Gasteiger partial charge < -0.3 is 20.5 Å². The van der Waals surface area contributed by atoms with Crippen molar-refractivity contribution in [2.24, 2.45) is 10.7 Å². The molecule has 0 fully saturated rings. The number of para-hydroxylation sites is 1. The van der Waals surface area contributed by atoms with Gasteiger partial charge in [-0.1, -0.05) is 48.5 Å². The predicted octanol–water partition coefficient (Wildman–Crippen LogP) is 3.86. The molecule has 7 heteroatoms. The van der Waals surface area contributed by atoms with Crippen molar-refractivity contribution in [2.45, 2.75) is 26.4 Å². The van der Waals surface area contributed by atoms with Crippen LogP contribution in [0.2, 0.25) is 0 Å². The van der Waals surface area contributed by atoms with Gasteiger partial charge in [0, 0.05) is 34.6 Å². The van der Waals surface area contributed by atoms with E-state index in [1.165, 1.54) is 0 Å². The molecule has 7 nitrogen and oxygen atoms in total. The van der Waals surface area contributed by atoms with Gasteiger partial charge in [-0.25, -0.2) is 9.79 Å². The summed E-state index contributed by atoms with van der Waals surface area (Å²) in [6.45, 7) is 4.10. The molecule has 33 heavy (non-hydrogen) atoms. The molecule has 1 unspecified atom stereocenters. The predicted molar refractivity (Wildman–Crippen MR) is 129 cm³/mol. The first-order valence-corrected chi connectivity index (χ1v) is 10.6. The SMILES string of the molecule is COc1ccccc1CN1C(c2cc(C)nc(C)c2)=C(c2ccccc2)N=C(N)C1C(=O)O. The average Bonchev–Trinajstić information content (AvgIpc) is 2.78. The molecule has 0 bridgehead atoms. The lowest BCUT2D eigenvalue weighted by Crippen LogP contribution is -2.50. The Morgan fingerprint density at radius 1 is 1.03 bits per heavy atom. The van der Waals surface area contributed by atoms with Gasteiger partial charge in [-0.15, -0.1) is 0 Å². The van der Waals surface area contributed by atoms with Crippen molar-refractivity contribution in [3.05, 3.63) is 94.8 Å². The van der Waals surface area contributed by atoms with E-state index in [0.717, 1.165) is 28.1 Å². The number of pyridine rings is 1. The maximum atomic E-state index is 12.4. The van der Waals surface area contributed by atoms with Crippen molar-refractivity contribution >= 4 is 23.2 Å². The number of hydrogen-bond donors (Lipinski definition) is 2. The standard InChI is InChI=1S/C26H26N4O3/c1-16-13-20(14-17(2)28-16)23-22(18-9-5-4-6-10-18)29-25(27)24(26(31)32)30(23)15-19-11-7-8-12-21(19)33-3/h4-14,24H,15H2,1-3H3,(H2,27,29)(H,31,32). The fraction of sp³-hybridized carbons (Fsp3) is 0.192. The van der Waals surface area contributed by atoms with Crippen molar-refractivity contribution < 1.29 is 14.6 Å². The topological polar surface area (TPSA) is 101 Å². The van der Waals surface area contributed by atoms with Crippen molar-refractivity contribution in [2.75, 3.05) is 7.11 Å². The Bertz CT molecular complexity index is 1230. The fourth-order valence-electron chi connectivity index (χ4n) is 4.19. The molecule has 0 spiro atoms. The number of benzene rings is 2. The van der Waals surface area contributed by atoms with Gasteiger partial charge >= 0.3 is 5.97 Å². The Kier molecular flexibility index (Phi) is 6.13. The summed E-state index contributed by atoms with van der Waals surface area (Å²) in [7, 11) is 1.60. The van der Waals surface area contributed by atoms with Crippen LogP contribution in [0.15, 0.2) is 71.7 Å². The number of carboxylic acids is 1. The van der Waals surface area contributed by atoms with Crippen molar-refractivity contribution in [3.8, 4) is 5.75 Å². The van der Waals surface area contributed by atoms with E-state index >= 15 is 0 Å². The average molecular weight is 443 g/mol. The van der Waals surface area contributed by atoms with Crippen LogP contribution in [0.25, 0.3) is 11.4 Å². The molecule has 168 valence electrons. The van der Waals surface area contributed by atoms with Gasteiger partial charge in [0.1, 0.15) is 11.6 Å². The highest BCUT2D eigenvalue weighted by Gasteiger charge is 2.37. The molecule has 1 aromatic heterocycles. The summed E-state index contributed by atoms with van der Waals surface area (Å²) in [5, 5.41) is 10.1. The first kappa shape index (κ1) is 22.1. The van der Waals surface area contributed by atoms with Gasteiger partial charge in [0.05, 0.1) is 18.5 Å². The molecule has 0 saturated carbocycles. The molecular formula is C26H26N4O3. The van der Waals surface area contributed by atoms with E-state index in [0.29, 0.717) is 17.1 Å². The number of carboxylic acid groups (broad SMARTS) is 1. The van der Waals surface area contributed by atoms with Crippen LogP contribution in [0, 0.1) is 13.8 Å². The van der Waals surface area contributed by atoms with Gasteiger partial charge in [0.25, 0.3) is 0 Å². The van der Waals surface area contributed by atoms with Crippen LogP contribution < -0.4 is 10.5 Å². The number of hydrogen-bond acceptors (Lipinski definition) is 6. The number of amidine groups is 1. The van der Waals surface area contributed by atoms with Crippen LogP contribution in [0.5, 0.6) is 5.75 Å². The summed E-state index contributed by atoms with van der Waals surface area (Å²) in [5.74, 6) is -0.369. The second-order valence-corrected chi connectivity index (χ2v) is 7.92. The van der Waals surface area contributed by atoms with Crippen LogP contribution >= 0.6 is 0 Å². The summed E-state index contributed by atoms with van der Waals surface area (Å²) in [5.41, 5.74) is 11.7. The molecule has 2 heterocycles. The Hall–Kier alpha value is -4.13. The molecule has 0 aliphatic carbocycles. The zero-order valence-corrected chi connectivity index (χ0v) is 18.8. The third kappa shape index (κ3) is 4.43. The Morgan fingerprint density at radius 3 is 2.30 bits per heavy atom. The number of nitrogens with two attached hydrogens (primary N) is 1. The minimum absolute atomic E-state index is 0.0301. The summed E-state index contributed by atoms with van der Waals surface area (Å²) in [6, 6.07) is 19.9. The van der Waals surface area contributed by atoms with Crippen molar-refractivity contribution in [1.29, 1.82) is 0 Å². The lowest BCUT2D eigenvalue weighted by Gasteiger charge is -2.37. The van der Waals surface area contributed by atoms with E-state index in [-0.39, 0.29) is 12.4 Å². The highest BCUT2D eigenvalue weighted by atomic mass is 16.5. The lowest BCUT2D eigenvalue weighted by molar-refractivity contribution is -0.139. The molecule has 1 aliphatic rings. The quantitative estimate of drug-likeness (QED) is 0.601. The molecule has 0 radical (unpaired) electrons. The number of ether oxygens (including phenoxy) is 1. The minimum Gasteiger partial charge on any atom is -0.496 e. The maximum absolute atomic E-state index is 12.4. The number of methoxy groups -OCH3 is 1. The Labute approximate surface area is 192 Å². The Morgan fingerprint density at radius 2 is 1.67 bits per heavy atom. The fourth-order valence-corrected chi connectivity index (χ4v) is 4.19. The second-order valence-electron chi connectivity index (χ2n) is 7.92. The molecule has 4 rings (SSSR count). The number of rotatable bonds is 6. The molecule has 0 saturated heterocycles. The zero-order chi connectivity index (χ0) is 23.5. The largest absolute Gasteiger partial charge is 0.496 e. The summed E-state index contributed by atoms with van der Waals surface area (Å²) in [4.78, 5) is 23.3. The van der Waals surface area contributed by atoms with E-state index in [1.807, 2.05) is 80.6 Å². The smallest absolute Gasteiger partial charge is 0.334 e. The minimum atomic E-state index is -1.13. The van der Waals surface area contributed by atoms with E-state index in [1.54, 1.807) is 12.0 Å². The molecular weight excluding hydrogens is 416 g/mol. The monoisotopic (exact) mass is 442 g/mol. The van der Waals surface area contributed by atoms with Gasteiger partial charge in [0.15, 0.2) is 6.04 Å². The third-order valence-electron chi connectivity index (χ3n) is 5.51. The number of aliphatic carboxylic acids is 1.